The molecule has 5 heteroatoms. The summed E-state index contributed by atoms with van der Waals surface area (Å²) in [6, 6.07) is 4.55. The summed E-state index contributed by atoms with van der Waals surface area (Å²) in [5.74, 6) is 0.550. The maximum atomic E-state index is 13.9. The molecule has 1 N–H and O–H groups in total. The smallest absolute Gasteiger partial charge is 0.132 e. The van der Waals surface area contributed by atoms with Crippen molar-refractivity contribution in [2.75, 3.05) is 7.05 Å². The van der Waals surface area contributed by atoms with Gasteiger partial charge in [0.25, 0.3) is 0 Å². The first-order chi connectivity index (χ1) is 8.54. The van der Waals surface area contributed by atoms with Gasteiger partial charge in [-0.2, -0.15) is 0 Å². The molecular formula is C13H15ClFN3. The van der Waals surface area contributed by atoms with Crippen molar-refractivity contribution in [3.05, 3.63) is 40.6 Å². The predicted octanol–water partition coefficient (Wildman–Crippen LogP) is 2.91. The van der Waals surface area contributed by atoms with E-state index in [1.807, 2.05) is 25.6 Å². The third-order valence-electron chi connectivity index (χ3n) is 2.92. The minimum atomic E-state index is -0.292. The average Bonchev–Trinajstić information content (AvgIpc) is 2.59. The second kappa shape index (κ2) is 5.08. The number of rotatable bonds is 3. The first kappa shape index (κ1) is 13.1. The quantitative estimate of drug-likeness (QED) is 0.927. The van der Waals surface area contributed by atoms with Crippen LogP contribution in [0.4, 0.5) is 4.39 Å². The fraction of sp³-hybridized carbons (Fsp3) is 0.308. The molecule has 0 saturated carbocycles. The molecule has 2 rings (SSSR count). The van der Waals surface area contributed by atoms with E-state index in [0.717, 1.165) is 17.2 Å². The van der Waals surface area contributed by atoms with E-state index >= 15 is 0 Å². The average molecular weight is 268 g/mol. The first-order valence-corrected chi connectivity index (χ1v) is 6.04. The Morgan fingerprint density at radius 1 is 1.44 bits per heavy atom. The molecule has 1 aromatic carbocycles. The number of aromatic nitrogens is 2. The number of imidazole rings is 1. The lowest BCUT2D eigenvalue weighted by Gasteiger charge is -2.08. The molecule has 18 heavy (non-hydrogen) atoms. The standard InChI is InChI=1S/C13H15ClFN3/c1-8-17-12(7-16-2)13(18(8)3)10-6-9(14)4-5-11(10)15/h4-6,16H,7H2,1-3H3. The molecule has 1 aromatic heterocycles. The van der Waals surface area contributed by atoms with E-state index in [4.69, 9.17) is 11.6 Å². The second-order valence-corrected chi connectivity index (χ2v) is 4.60. The molecular weight excluding hydrogens is 253 g/mol. The summed E-state index contributed by atoms with van der Waals surface area (Å²) in [6.07, 6.45) is 0. The van der Waals surface area contributed by atoms with Crippen LogP contribution in [0.5, 0.6) is 0 Å². The molecule has 0 fully saturated rings. The topological polar surface area (TPSA) is 29.9 Å². The molecule has 1 heterocycles. The predicted molar refractivity (Wildman–Crippen MR) is 71.1 cm³/mol. The maximum Gasteiger partial charge on any atom is 0.132 e. The molecule has 3 nitrogen and oxygen atoms in total. The van der Waals surface area contributed by atoms with Crippen LogP contribution in [0.3, 0.4) is 0 Å². The summed E-state index contributed by atoms with van der Waals surface area (Å²) in [5, 5.41) is 3.55. The minimum absolute atomic E-state index is 0.292. The molecule has 0 amide bonds. The van der Waals surface area contributed by atoms with Gasteiger partial charge in [0, 0.05) is 24.2 Å². The van der Waals surface area contributed by atoms with Crippen LogP contribution in [-0.4, -0.2) is 16.6 Å². The van der Waals surface area contributed by atoms with Crippen LogP contribution in [-0.2, 0) is 13.6 Å². The van der Waals surface area contributed by atoms with E-state index in [2.05, 4.69) is 10.3 Å². The Morgan fingerprint density at radius 3 is 2.83 bits per heavy atom. The van der Waals surface area contributed by atoms with E-state index in [9.17, 15) is 4.39 Å². The molecule has 0 radical (unpaired) electrons. The van der Waals surface area contributed by atoms with Gasteiger partial charge in [0.05, 0.1) is 11.4 Å². The number of nitrogens with one attached hydrogen (secondary N) is 1. The number of benzene rings is 1. The molecule has 0 saturated heterocycles. The minimum Gasteiger partial charge on any atom is -0.331 e. The van der Waals surface area contributed by atoms with Crippen molar-refractivity contribution in [1.82, 2.24) is 14.9 Å². The van der Waals surface area contributed by atoms with Crippen LogP contribution in [0.2, 0.25) is 5.02 Å². The lowest BCUT2D eigenvalue weighted by molar-refractivity contribution is 0.629. The third kappa shape index (κ3) is 2.26. The lowest BCUT2D eigenvalue weighted by atomic mass is 10.1. The molecule has 0 unspecified atom stereocenters. The highest BCUT2D eigenvalue weighted by Gasteiger charge is 2.17. The Hall–Kier alpha value is -1.39. The van der Waals surface area contributed by atoms with Crippen LogP contribution < -0.4 is 5.32 Å². The Bertz CT molecular complexity index is 578. The zero-order chi connectivity index (χ0) is 13.3. The largest absolute Gasteiger partial charge is 0.331 e. The second-order valence-electron chi connectivity index (χ2n) is 4.17. The number of aryl methyl sites for hydroxylation is 1. The van der Waals surface area contributed by atoms with Gasteiger partial charge < -0.3 is 9.88 Å². The van der Waals surface area contributed by atoms with Gasteiger partial charge in [-0.05, 0) is 32.2 Å². The van der Waals surface area contributed by atoms with Crippen molar-refractivity contribution in [1.29, 1.82) is 0 Å². The Labute approximate surface area is 111 Å². The van der Waals surface area contributed by atoms with Crippen LogP contribution in [0.25, 0.3) is 11.3 Å². The summed E-state index contributed by atoms with van der Waals surface area (Å²) in [4.78, 5) is 4.44. The Morgan fingerprint density at radius 2 is 2.17 bits per heavy atom. The number of hydrogen-bond acceptors (Lipinski definition) is 2. The van der Waals surface area contributed by atoms with E-state index in [1.54, 1.807) is 12.1 Å². The molecule has 0 aliphatic heterocycles. The number of halogens is 2. The van der Waals surface area contributed by atoms with Crippen molar-refractivity contribution in [3.8, 4) is 11.3 Å². The van der Waals surface area contributed by atoms with Gasteiger partial charge >= 0.3 is 0 Å². The van der Waals surface area contributed by atoms with Crippen LogP contribution in [0.1, 0.15) is 11.5 Å². The van der Waals surface area contributed by atoms with Crippen molar-refractivity contribution in [2.45, 2.75) is 13.5 Å². The van der Waals surface area contributed by atoms with Gasteiger partial charge in [-0.15, -0.1) is 0 Å². The van der Waals surface area contributed by atoms with Crippen LogP contribution in [0.15, 0.2) is 18.2 Å². The molecule has 96 valence electrons. The fourth-order valence-electron chi connectivity index (χ4n) is 1.98. The van der Waals surface area contributed by atoms with Gasteiger partial charge in [0.1, 0.15) is 11.6 Å². The van der Waals surface area contributed by atoms with E-state index in [-0.39, 0.29) is 5.82 Å². The maximum absolute atomic E-state index is 13.9. The highest BCUT2D eigenvalue weighted by molar-refractivity contribution is 6.30. The van der Waals surface area contributed by atoms with E-state index in [0.29, 0.717) is 17.1 Å². The number of hydrogen-bond donors (Lipinski definition) is 1. The lowest BCUT2D eigenvalue weighted by Crippen LogP contribution is -2.07. The summed E-state index contributed by atoms with van der Waals surface area (Å²) in [6.45, 7) is 2.48. The Balaban J connectivity index is 2.65. The summed E-state index contributed by atoms with van der Waals surface area (Å²) in [5.41, 5.74) is 2.07. The fourth-order valence-corrected chi connectivity index (χ4v) is 2.16. The molecule has 0 bridgehead atoms. The monoisotopic (exact) mass is 267 g/mol. The normalized spacial score (nSPS) is 10.9. The van der Waals surface area contributed by atoms with Crippen molar-refractivity contribution >= 4 is 11.6 Å². The summed E-state index contributed by atoms with van der Waals surface area (Å²) < 4.78 is 15.8. The molecule has 0 aliphatic rings. The van der Waals surface area contributed by atoms with Crippen molar-refractivity contribution < 1.29 is 4.39 Å². The van der Waals surface area contributed by atoms with Crippen molar-refractivity contribution in [3.63, 3.8) is 0 Å². The highest BCUT2D eigenvalue weighted by atomic mass is 35.5. The van der Waals surface area contributed by atoms with Crippen LogP contribution in [0, 0.1) is 12.7 Å². The number of nitrogens with zero attached hydrogens (tertiary/aromatic N) is 2. The van der Waals surface area contributed by atoms with Gasteiger partial charge in [0.15, 0.2) is 0 Å². The zero-order valence-corrected chi connectivity index (χ0v) is 11.3. The van der Waals surface area contributed by atoms with Crippen LogP contribution >= 0.6 is 11.6 Å². The Kier molecular flexibility index (Phi) is 3.68. The third-order valence-corrected chi connectivity index (χ3v) is 3.15. The molecule has 0 atom stereocenters. The zero-order valence-electron chi connectivity index (χ0n) is 10.6. The summed E-state index contributed by atoms with van der Waals surface area (Å²) >= 11 is 5.94. The SMILES string of the molecule is CNCc1nc(C)n(C)c1-c1cc(Cl)ccc1F. The molecule has 0 spiro atoms. The van der Waals surface area contributed by atoms with Crippen molar-refractivity contribution in [2.24, 2.45) is 7.05 Å². The highest BCUT2D eigenvalue weighted by Crippen LogP contribution is 2.29. The van der Waals surface area contributed by atoms with Gasteiger partial charge in [-0.1, -0.05) is 11.6 Å². The first-order valence-electron chi connectivity index (χ1n) is 5.66. The van der Waals surface area contributed by atoms with Gasteiger partial charge in [0.2, 0.25) is 0 Å². The molecule has 0 aliphatic carbocycles. The van der Waals surface area contributed by atoms with Gasteiger partial charge in [-0.25, -0.2) is 9.37 Å². The molecule has 2 aromatic rings. The van der Waals surface area contributed by atoms with Gasteiger partial charge in [-0.3, -0.25) is 0 Å². The van der Waals surface area contributed by atoms with E-state index < -0.39 is 0 Å². The van der Waals surface area contributed by atoms with E-state index in [1.165, 1.54) is 6.07 Å². The summed E-state index contributed by atoms with van der Waals surface area (Å²) in [7, 11) is 3.71.